The van der Waals surface area contributed by atoms with Gasteiger partial charge in [0.2, 0.25) is 5.76 Å². The molecule has 0 spiro atoms. The molecule has 0 radical (unpaired) electrons. The van der Waals surface area contributed by atoms with E-state index in [1.165, 1.54) is 0 Å². The van der Waals surface area contributed by atoms with Crippen molar-refractivity contribution in [3.8, 4) is 0 Å². The lowest BCUT2D eigenvalue weighted by Crippen LogP contribution is -2.21. The third kappa shape index (κ3) is 4.58. The Balaban J connectivity index is 2.34. The molecule has 0 atom stereocenters. The summed E-state index contributed by atoms with van der Waals surface area (Å²) in [5, 5.41) is 11.9. The van der Waals surface area contributed by atoms with Crippen LogP contribution in [0, 0.1) is 6.92 Å². The summed E-state index contributed by atoms with van der Waals surface area (Å²) in [6.45, 7) is 7.68. The first-order valence-corrected chi connectivity index (χ1v) is 5.65. The number of aromatic carboxylic acids is 1. The van der Waals surface area contributed by atoms with Crippen LogP contribution in [0.4, 0.5) is 0 Å². The van der Waals surface area contributed by atoms with Crippen molar-refractivity contribution >= 4 is 5.97 Å². The molecule has 0 saturated carbocycles. The fraction of sp³-hybridized carbons (Fsp3) is 0.583. The monoisotopic (exact) mass is 241 g/mol. The standard InChI is InChI=1S/C12H19NO4/c1-8(2)16-5-4-13-7-10-6-11(12(14)15)17-9(10)3/h6,8,13H,4-5,7H2,1-3H3,(H,14,15). The lowest BCUT2D eigenvalue weighted by Gasteiger charge is -2.07. The SMILES string of the molecule is Cc1oc(C(=O)O)cc1CNCCOC(C)C. The molecule has 0 aliphatic heterocycles. The van der Waals surface area contributed by atoms with Crippen LogP contribution in [-0.4, -0.2) is 30.3 Å². The minimum Gasteiger partial charge on any atom is -0.475 e. The van der Waals surface area contributed by atoms with Gasteiger partial charge in [-0.15, -0.1) is 0 Å². The number of aryl methyl sites for hydroxylation is 1. The van der Waals surface area contributed by atoms with Crippen LogP contribution in [0.3, 0.4) is 0 Å². The van der Waals surface area contributed by atoms with E-state index in [0.29, 0.717) is 18.9 Å². The van der Waals surface area contributed by atoms with Crippen molar-refractivity contribution in [2.75, 3.05) is 13.2 Å². The summed E-state index contributed by atoms with van der Waals surface area (Å²) in [6, 6.07) is 1.55. The zero-order valence-electron chi connectivity index (χ0n) is 10.4. The summed E-state index contributed by atoms with van der Waals surface area (Å²) < 4.78 is 10.5. The lowest BCUT2D eigenvalue weighted by atomic mass is 10.2. The van der Waals surface area contributed by atoms with Gasteiger partial charge < -0.3 is 19.6 Å². The maximum absolute atomic E-state index is 10.7. The van der Waals surface area contributed by atoms with Gasteiger partial charge in [0.05, 0.1) is 12.7 Å². The molecule has 1 heterocycles. The Labute approximate surface area is 101 Å². The Morgan fingerprint density at radius 1 is 1.59 bits per heavy atom. The minimum absolute atomic E-state index is 0.0160. The second-order valence-corrected chi connectivity index (χ2v) is 4.09. The van der Waals surface area contributed by atoms with Crippen molar-refractivity contribution < 1.29 is 19.1 Å². The van der Waals surface area contributed by atoms with Crippen LogP contribution >= 0.6 is 0 Å². The predicted molar refractivity (Wildman–Crippen MR) is 63.2 cm³/mol. The van der Waals surface area contributed by atoms with E-state index in [1.54, 1.807) is 13.0 Å². The van der Waals surface area contributed by atoms with Crippen molar-refractivity contribution in [2.45, 2.75) is 33.4 Å². The third-order valence-electron chi connectivity index (χ3n) is 2.28. The fourth-order valence-corrected chi connectivity index (χ4v) is 1.39. The molecule has 2 N–H and O–H groups in total. The van der Waals surface area contributed by atoms with E-state index in [9.17, 15) is 4.79 Å². The zero-order chi connectivity index (χ0) is 12.8. The molecule has 1 aromatic heterocycles. The van der Waals surface area contributed by atoms with Gasteiger partial charge in [-0.25, -0.2) is 4.79 Å². The van der Waals surface area contributed by atoms with Gasteiger partial charge in [0.1, 0.15) is 5.76 Å². The molecule has 0 aromatic carbocycles. The summed E-state index contributed by atoms with van der Waals surface area (Å²) in [6.07, 6.45) is 0.228. The van der Waals surface area contributed by atoms with E-state index in [2.05, 4.69) is 5.32 Å². The number of ether oxygens (including phenoxy) is 1. The van der Waals surface area contributed by atoms with E-state index >= 15 is 0 Å². The molecule has 17 heavy (non-hydrogen) atoms. The molecule has 1 rings (SSSR count). The largest absolute Gasteiger partial charge is 0.475 e. The predicted octanol–water partition coefficient (Wildman–Crippen LogP) is 1.80. The van der Waals surface area contributed by atoms with E-state index < -0.39 is 5.97 Å². The van der Waals surface area contributed by atoms with E-state index in [1.807, 2.05) is 13.8 Å². The van der Waals surface area contributed by atoms with E-state index in [4.69, 9.17) is 14.3 Å². The average Bonchev–Trinajstić information content (AvgIpc) is 2.59. The van der Waals surface area contributed by atoms with Gasteiger partial charge in [-0.2, -0.15) is 0 Å². The normalized spacial score (nSPS) is 11.1. The highest BCUT2D eigenvalue weighted by atomic mass is 16.5. The minimum atomic E-state index is -1.04. The Kier molecular flexibility index (Phi) is 5.18. The summed E-state index contributed by atoms with van der Waals surface area (Å²) in [4.78, 5) is 10.7. The first-order valence-electron chi connectivity index (χ1n) is 5.65. The maximum atomic E-state index is 10.7. The first kappa shape index (κ1) is 13.7. The molecule has 1 aromatic rings. The molecule has 0 saturated heterocycles. The number of hydrogen-bond donors (Lipinski definition) is 2. The van der Waals surface area contributed by atoms with Gasteiger partial charge in [-0.3, -0.25) is 0 Å². The molecule has 5 nitrogen and oxygen atoms in total. The van der Waals surface area contributed by atoms with Crippen LogP contribution in [0.5, 0.6) is 0 Å². The van der Waals surface area contributed by atoms with Crippen LogP contribution in [0.2, 0.25) is 0 Å². The highest BCUT2D eigenvalue weighted by Crippen LogP contribution is 2.14. The van der Waals surface area contributed by atoms with E-state index in [-0.39, 0.29) is 11.9 Å². The Morgan fingerprint density at radius 2 is 2.29 bits per heavy atom. The fourth-order valence-electron chi connectivity index (χ4n) is 1.39. The highest BCUT2D eigenvalue weighted by molar-refractivity contribution is 5.84. The van der Waals surface area contributed by atoms with Gasteiger partial charge in [0.15, 0.2) is 0 Å². The van der Waals surface area contributed by atoms with Crippen molar-refractivity contribution in [3.05, 3.63) is 23.2 Å². The molecule has 5 heteroatoms. The Bertz CT molecular complexity index is 371. The van der Waals surface area contributed by atoms with Crippen molar-refractivity contribution in [1.82, 2.24) is 5.32 Å². The summed E-state index contributed by atoms with van der Waals surface area (Å²) in [5.41, 5.74) is 0.868. The number of nitrogens with one attached hydrogen (secondary N) is 1. The first-order chi connectivity index (χ1) is 8.00. The second-order valence-electron chi connectivity index (χ2n) is 4.09. The number of carboxylic acid groups (broad SMARTS) is 1. The van der Waals surface area contributed by atoms with Crippen LogP contribution in [-0.2, 0) is 11.3 Å². The summed E-state index contributed by atoms with van der Waals surface area (Å²) in [5.74, 6) is -0.417. The van der Waals surface area contributed by atoms with Gasteiger partial charge in [0, 0.05) is 18.7 Å². The Hall–Kier alpha value is -1.33. The van der Waals surface area contributed by atoms with Crippen molar-refractivity contribution in [1.29, 1.82) is 0 Å². The topological polar surface area (TPSA) is 71.7 Å². The van der Waals surface area contributed by atoms with E-state index in [0.717, 1.165) is 12.1 Å². The van der Waals surface area contributed by atoms with Gasteiger partial charge in [-0.05, 0) is 26.8 Å². The quantitative estimate of drug-likeness (QED) is 0.712. The smallest absolute Gasteiger partial charge is 0.371 e. The molecule has 0 aliphatic carbocycles. The van der Waals surface area contributed by atoms with Crippen LogP contribution in [0.25, 0.3) is 0 Å². The highest BCUT2D eigenvalue weighted by Gasteiger charge is 2.12. The molecular weight excluding hydrogens is 222 g/mol. The lowest BCUT2D eigenvalue weighted by molar-refractivity contribution is 0.0661. The van der Waals surface area contributed by atoms with Gasteiger partial charge in [0.25, 0.3) is 0 Å². The average molecular weight is 241 g/mol. The number of rotatable bonds is 7. The van der Waals surface area contributed by atoms with Gasteiger partial charge >= 0.3 is 5.97 Å². The third-order valence-corrected chi connectivity index (χ3v) is 2.28. The molecule has 96 valence electrons. The summed E-state index contributed by atoms with van der Waals surface area (Å²) in [7, 11) is 0. The van der Waals surface area contributed by atoms with Crippen LogP contribution in [0.15, 0.2) is 10.5 Å². The molecule has 0 bridgehead atoms. The Morgan fingerprint density at radius 3 is 2.82 bits per heavy atom. The number of furan rings is 1. The number of hydrogen-bond acceptors (Lipinski definition) is 4. The zero-order valence-corrected chi connectivity index (χ0v) is 10.4. The van der Waals surface area contributed by atoms with Crippen LogP contribution in [0.1, 0.15) is 35.7 Å². The van der Waals surface area contributed by atoms with Crippen molar-refractivity contribution in [3.63, 3.8) is 0 Å². The molecule has 0 fully saturated rings. The molecular formula is C12H19NO4. The number of carboxylic acids is 1. The van der Waals surface area contributed by atoms with Crippen LogP contribution < -0.4 is 5.32 Å². The second kappa shape index (κ2) is 6.42. The maximum Gasteiger partial charge on any atom is 0.371 e. The van der Waals surface area contributed by atoms with Gasteiger partial charge in [-0.1, -0.05) is 0 Å². The molecule has 0 unspecified atom stereocenters. The molecule has 0 aliphatic rings. The number of carbonyl (C=O) groups is 1. The molecule has 0 amide bonds. The van der Waals surface area contributed by atoms with Crippen molar-refractivity contribution in [2.24, 2.45) is 0 Å². The summed E-state index contributed by atoms with van der Waals surface area (Å²) >= 11 is 0.